The monoisotopic (exact) mass is 386 g/mol. The largest absolute Gasteiger partial charge is 0.497 e. The van der Waals surface area contributed by atoms with Crippen molar-refractivity contribution in [2.24, 2.45) is 5.92 Å². The van der Waals surface area contributed by atoms with Crippen molar-refractivity contribution in [2.45, 2.75) is 25.3 Å². The van der Waals surface area contributed by atoms with Crippen molar-refractivity contribution in [1.82, 2.24) is 9.88 Å². The number of ether oxygens (including phenoxy) is 1. The second kappa shape index (κ2) is 8.91. The number of hydrogen-bond donors (Lipinski definition) is 0. The summed E-state index contributed by atoms with van der Waals surface area (Å²) in [5, 5.41) is 0. The number of amides is 1. The minimum atomic E-state index is 0.0656. The van der Waals surface area contributed by atoms with Gasteiger partial charge in [-0.1, -0.05) is 48.5 Å². The van der Waals surface area contributed by atoms with Crippen molar-refractivity contribution in [2.75, 3.05) is 13.7 Å². The molecule has 2 atom stereocenters. The first-order chi connectivity index (χ1) is 14.2. The normalized spacial score (nSPS) is 17.6. The van der Waals surface area contributed by atoms with E-state index >= 15 is 0 Å². The molecular weight excluding hydrogens is 360 g/mol. The van der Waals surface area contributed by atoms with E-state index in [4.69, 9.17) is 4.74 Å². The molecule has 0 radical (unpaired) electrons. The minimum Gasteiger partial charge on any atom is -0.497 e. The number of hydrogen-bond acceptors (Lipinski definition) is 3. The maximum Gasteiger partial charge on any atom is 0.226 e. The molecule has 0 aliphatic heterocycles. The van der Waals surface area contributed by atoms with E-state index in [9.17, 15) is 4.79 Å². The van der Waals surface area contributed by atoms with Crippen LogP contribution >= 0.6 is 0 Å². The van der Waals surface area contributed by atoms with Crippen LogP contribution < -0.4 is 4.74 Å². The molecule has 0 N–H and O–H groups in total. The van der Waals surface area contributed by atoms with Gasteiger partial charge >= 0.3 is 0 Å². The van der Waals surface area contributed by atoms with Crippen LogP contribution in [-0.4, -0.2) is 29.4 Å². The third-order valence-corrected chi connectivity index (χ3v) is 5.54. The lowest BCUT2D eigenvalue weighted by molar-refractivity contribution is -0.133. The molecule has 0 bridgehead atoms. The van der Waals surface area contributed by atoms with Crippen LogP contribution in [0, 0.1) is 5.92 Å². The topological polar surface area (TPSA) is 42.4 Å². The molecule has 0 saturated heterocycles. The summed E-state index contributed by atoms with van der Waals surface area (Å²) in [6.07, 6.45) is 3.48. The zero-order chi connectivity index (χ0) is 20.1. The predicted octanol–water partition coefficient (Wildman–Crippen LogP) is 4.47. The molecule has 2 unspecified atom stereocenters. The molecule has 1 aliphatic carbocycles. The van der Waals surface area contributed by atoms with Crippen LogP contribution in [0.15, 0.2) is 79.0 Å². The smallest absolute Gasteiger partial charge is 0.226 e. The second-order valence-corrected chi connectivity index (χ2v) is 7.54. The molecule has 148 valence electrons. The molecule has 0 spiro atoms. The van der Waals surface area contributed by atoms with Gasteiger partial charge in [-0.2, -0.15) is 0 Å². The van der Waals surface area contributed by atoms with Gasteiger partial charge in [0.25, 0.3) is 0 Å². The zero-order valence-corrected chi connectivity index (χ0v) is 16.7. The number of benzene rings is 2. The van der Waals surface area contributed by atoms with Crippen molar-refractivity contribution in [3.8, 4) is 5.75 Å². The molecule has 1 fully saturated rings. The average molecular weight is 386 g/mol. The summed E-state index contributed by atoms with van der Waals surface area (Å²) in [6, 6.07) is 24.2. The first kappa shape index (κ1) is 19.2. The molecule has 3 aromatic rings. The number of rotatable bonds is 8. The molecule has 1 amide bonds. The van der Waals surface area contributed by atoms with E-state index < -0.39 is 0 Å². The van der Waals surface area contributed by atoms with Gasteiger partial charge in [0, 0.05) is 37.3 Å². The van der Waals surface area contributed by atoms with E-state index in [0.29, 0.717) is 19.0 Å². The Labute approximate surface area is 172 Å². The summed E-state index contributed by atoms with van der Waals surface area (Å²) >= 11 is 0. The van der Waals surface area contributed by atoms with E-state index in [-0.39, 0.29) is 11.8 Å². The Morgan fingerprint density at radius 3 is 2.48 bits per heavy atom. The van der Waals surface area contributed by atoms with E-state index in [2.05, 4.69) is 29.2 Å². The Bertz CT molecular complexity index is 926. The maximum atomic E-state index is 13.3. The van der Waals surface area contributed by atoms with Crippen LogP contribution in [0.4, 0.5) is 0 Å². The molecular formula is C25H26N2O2. The van der Waals surface area contributed by atoms with Gasteiger partial charge in [-0.3, -0.25) is 9.78 Å². The van der Waals surface area contributed by atoms with Crippen LogP contribution in [0.2, 0.25) is 0 Å². The van der Waals surface area contributed by atoms with Crippen LogP contribution in [0.3, 0.4) is 0 Å². The summed E-state index contributed by atoms with van der Waals surface area (Å²) in [5.74, 6) is 1.46. The SMILES string of the molecule is COc1ccc(C2CC2C(=O)N(CCc2ccccn2)Cc2ccccc2)cc1. The highest BCUT2D eigenvalue weighted by Gasteiger charge is 2.45. The molecule has 4 heteroatoms. The summed E-state index contributed by atoms with van der Waals surface area (Å²) in [6.45, 7) is 1.31. The first-order valence-corrected chi connectivity index (χ1v) is 10.1. The Balaban J connectivity index is 1.45. The fourth-order valence-corrected chi connectivity index (χ4v) is 3.79. The van der Waals surface area contributed by atoms with E-state index in [0.717, 1.165) is 29.8 Å². The quantitative estimate of drug-likeness (QED) is 0.574. The summed E-state index contributed by atoms with van der Waals surface area (Å²) < 4.78 is 5.24. The summed E-state index contributed by atoms with van der Waals surface area (Å²) in [7, 11) is 1.67. The van der Waals surface area contributed by atoms with Gasteiger partial charge in [-0.25, -0.2) is 0 Å². The van der Waals surface area contributed by atoms with Crippen molar-refractivity contribution >= 4 is 5.91 Å². The van der Waals surface area contributed by atoms with Gasteiger partial charge in [0.2, 0.25) is 5.91 Å². The highest BCUT2D eigenvalue weighted by molar-refractivity contribution is 5.83. The highest BCUT2D eigenvalue weighted by Crippen LogP contribution is 2.48. The number of methoxy groups -OCH3 is 1. The highest BCUT2D eigenvalue weighted by atomic mass is 16.5. The van der Waals surface area contributed by atoms with Crippen LogP contribution in [0.5, 0.6) is 5.75 Å². The van der Waals surface area contributed by atoms with Crippen LogP contribution in [-0.2, 0) is 17.8 Å². The van der Waals surface area contributed by atoms with Crippen molar-refractivity contribution in [3.63, 3.8) is 0 Å². The lowest BCUT2D eigenvalue weighted by Gasteiger charge is -2.23. The molecule has 29 heavy (non-hydrogen) atoms. The standard InChI is InChI=1S/C25H26N2O2/c1-29-22-12-10-20(11-13-22)23-17-24(23)25(28)27(18-19-7-3-2-4-8-19)16-14-21-9-5-6-15-26-21/h2-13,15,23-24H,14,16-18H2,1H3. The molecule has 1 heterocycles. The number of carbonyl (C=O) groups is 1. The number of pyridine rings is 1. The Hall–Kier alpha value is -3.14. The van der Waals surface area contributed by atoms with Gasteiger partial charge in [0.15, 0.2) is 0 Å². The Morgan fingerprint density at radius 2 is 1.79 bits per heavy atom. The maximum absolute atomic E-state index is 13.3. The molecule has 1 saturated carbocycles. The first-order valence-electron chi connectivity index (χ1n) is 10.1. The van der Waals surface area contributed by atoms with E-state index in [1.807, 2.05) is 53.4 Å². The zero-order valence-electron chi connectivity index (χ0n) is 16.7. The Kier molecular flexibility index (Phi) is 5.89. The minimum absolute atomic E-state index is 0.0656. The van der Waals surface area contributed by atoms with Gasteiger partial charge in [0.1, 0.15) is 5.75 Å². The van der Waals surface area contributed by atoms with Crippen molar-refractivity contribution < 1.29 is 9.53 Å². The van der Waals surface area contributed by atoms with Gasteiger partial charge in [-0.15, -0.1) is 0 Å². The lowest BCUT2D eigenvalue weighted by atomic mass is 10.1. The average Bonchev–Trinajstić information content (AvgIpc) is 3.58. The van der Waals surface area contributed by atoms with Crippen LogP contribution in [0.25, 0.3) is 0 Å². The Morgan fingerprint density at radius 1 is 1.03 bits per heavy atom. The van der Waals surface area contributed by atoms with Crippen LogP contribution in [0.1, 0.15) is 29.2 Å². The third-order valence-electron chi connectivity index (χ3n) is 5.54. The molecule has 1 aromatic heterocycles. The van der Waals surface area contributed by atoms with Gasteiger partial charge in [-0.05, 0) is 47.7 Å². The third kappa shape index (κ3) is 4.83. The fraction of sp³-hybridized carbons (Fsp3) is 0.280. The fourth-order valence-electron chi connectivity index (χ4n) is 3.79. The summed E-state index contributed by atoms with van der Waals surface area (Å²) in [4.78, 5) is 19.7. The van der Waals surface area contributed by atoms with Crippen molar-refractivity contribution in [1.29, 1.82) is 0 Å². The van der Waals surface area contributed by atoms with Gasteiger partial charge in [0.05, 0.1) is 7.11 Å². The second-order valence-electron chi connectivity index (χ2n) is 7.54. The van der Waals surface area contributed by atoms with E-state index in [1.165, 1.54) is 5.56 Å². The molecule has 2 aromatic carbocycles. The molecule has 4 nitrogen and oxygen atoms in total. The summed E-state index contributed by atoms with van der Waals surface area (Å²) in [5.41, 5.74) is 3.39. The molecule has 1 aliphatic rings. The number of carbonyl (C=O) groups excluding carboxylic acids is 1. The van der Waals surface area contributed by atoms with E-state index in [1.54, 1.807) is 13.3 Å². The molecule has 4 rings (SSSR count). The number of nitrogens with zero attached hydrogens (tertiary/aromatic N) is 2. The number of aromatic nitrogens is 1. The van der Waals surface area contributed by atoms with Gasteiger partial charge < -0.3 is 9.64 Å². The predicted molar refractivity (Wildman–Crippen MR) is 114 cm³/mol. The lowest BCUT2D eigenvalue weighted by Crippen LogP contribution is -2.34. The van der Waals surface area contributed by atoms with Crippen molar-refractivity contribution in [3.05, 3.63) is 95.8 Å².